The number of methoxy groups -OCH3 is 1. The molecule has 1 saturated carbocycles. The van der Waals surface area contributed by atoms with E-state index in [1.807, 2.05) is 29.9 Å². The van der Waals surface area contributed by atoms with Gasteiger partial charge in [-0.2, -0.15) is 0 Å². The molecule has 1 amide bonds. The van der Waals surface area contributed by atoms with Gasteiger partial charge in [-0.05, 0) is 37.3 Å². The summed E-state index contributed by atoms with van der Waals surface area (Å²) in [7, 11) is 3.25. The first-order valence-electron chi connectivity index (χ1n) is 7.65. The van der Waals surface area contributed by atoms with Crippen LogP contribution < -0.4 is 0 Å². The first-order chi connectivity index (χ1) is 10.1. The summed E-state index contributed by atoms with van der Waals surface area (Å²) in [6.45, 7) is 0. The summed E-state index contributed by atoms with van der Waals surface area (Å²) in [5.74, 6) is 0.103. The number of carbonyl (C=O) groups excluding carboxylic acids is 2. The van der Waals surface area contributed by atoms with Gasteiger partial charge in [0.2, 0.25) is 0 Å². The van der Waals surface area contributed by atoms with E-state index < -0.39 is 6.04 Å². The predicted octanol–water partition coefficient (Wildman–Crippen LogP) is 1.97. The van der Waals surface area contributed by atoms with Crippen molar-refractivity contribution in [2.45, 2.75) is 44.2 Å². The molecule has 1 aliphatic heterocycles. The van der Waals surface area contributed by atoms with Crippen LogP contribution >= 0.6 is 0 Å². The average molecular weight is 290 g/mol. The fourth-order valence-corrected chi connectivity index (χ4v) is 3.91. The maximum absolute atomic E-state index is 12.9. The minimum absolute atomic E-state index is 0.0488. The van der Waals surface area contributed by atoms with E-state index in [2.05, 4.69) is 0 Å². The van der Waals surface area contributed by atoms with Crippen LogP contribution in [0.2, 0.25) is 0 Å². The first-order valence-corrected chi connectivity index (χ1v) is 7.65. The third-order valence-electron chi connectivity index (χ3n) is 4.96. The average Bonchev–Trinajstić information content (AvgIpc) is 3.09. The summed E-state index contributed by atoms with van der Waals surface area (Å²) in [5.41, 5.74) is 0.634. The van der Waals surface area contributed by atoms with Gasteiger partial charge in [0.15, 0.2) is 0 Å². The number of likely N-dealkylation sites (tertiary alicyclic amines) is 1. The highest BCUT2D eigenvalue weighted by atomic mass is 16.5. The van der Waals surface area contributed by atoms with Gasteiger partial charge >= 0.3 is 5.97 Å². The standard InChI is InChI=1S/C16H22N2O3/c1-17-9-5-8-13(17)15(19)18-12-7-4-3-6-11(12)10-14(18)16(20)21-2/h5,8-9,11-12,14H,3-4,6-7,10H2,1-2H3/t11-,12+,14-/m0/s1. The molecule has 1 saturated heterocycles. The lowest BCUT2D eigenvalue weighted by Crippen LogP contribution is -2.47. The Kier molecular flexibility index (Phi) is 3.74. The van der Waals surface area contributed by atoms with Gasteiger partial charge in [-0.1, -0.05) is 12.8 Å². The monoisotopic (exact) mass is 290 g/mol. The third-order valence-corrected chi connectivity index (χ3v) is 4.96. The number of fused-ring (bicyclic) bond motifs is 1. The topological polar surface area (TPSA) is 51.5 Å². The van der Waals surface area contributed by atoms with Crippen LogP contribution in [0.25, 0.3) is 0 Å². The lowest BCUT2D eigenvalue weighted by Gasteiger charge is -2.33. The fourth-order valence-electron chi connectivity index (χ4n) is 3.91. The zero-order chi connectivity index (χ0) is 15.0. The molecule has 0 spiro atoms. The van der Waals surface area contributed by atoms with Crippen LogP contribution in [-0.4, -0.2) is 40.5 Å². The molecule has 3 rings (SSSR count). The number of aryl methyl sites for hydroxylation is 1. The Labute approximate surface area is 124 Å². The second kappa shape index (κ2) is 5.54. The molecule has 1 aromatic rings. The third kappa shape index (κ3) is 2.34. The van der Waals surface area contributed by atoms with E-state index in [-0.39, 0.29) is 17.9 Å². The summed E-state index contributed by atoms with van der Waals surface area (Å²) < 4.78 is 6.74. The summed E-state index contributed by atoms with van der Waals surface area (Å²) in [4.78, 5) is 26.8. The molecule has 1 aliphatic carbocycles. The second-order valence-corrected chi connectivity index (χ2v) is 6.10. The quantitative estimate of drug-likeness (QED) is 0.783. The smallest absolute Gasteiger partial charge is 0.328 e. The van der Waals surface area contributed by atoms with Crippen molar-refractivity contribution in [1.29, 1.82) is 0 Å². The lowest BCUT2D eigenvalue weighted by atomic mass is 9.84. The lowest BCUT2D eigenvalue weighted by molar-refractivity contribution is -0.145. The van der Waals surface area contributed by atoms with Gasteiger partial charge in [-0.25, -0.2) is 4.79 Å². The van der Waals surface area contributed by atoms with Crippen molar-refractivity contribution >= 4 is 11.9 Å². The Hall–Kier alpha value is -1.78. The molecule has 5 nitrogen and oxygen atoms in total. The molecule has 0 unspecified atom stereocenters. The summed E-state index contributed by atoms with van der Waals surface area (Å²) in [6, 6.07) is 3.43. The second-order valence-electron chi connectivity index (χ2n) is 6.10. The fraction of sp³-hybridized carbons (Fsp3) is 0.625. The van der Waals surface area contributed by atoms with Gasteiger partial charge in [0.25, 0.3) is 5.91 Å². The van der Waals surface area contributed by atoms with Crippen LogP contribution in [0.5, 0.6) is 0 Å². The molecule has 0 radical (unpaired) electrons. The van der Waals surface area contributed by atoms with E-state index >= 15 is 0 Å². The molecule has 2 aliphatic rings. The Morgan fingerprint density at radius 1 is 1.29 bits per heavy atom. The maximum Gasteiger partial charge on any atom is 0.328 e. The molecule has 114 valence electrons. The van der Waals surface area contributed by atoms with E-state index in [9.17, 15) is 9.59 Å². The number of rotatable bonds is 2. The van der Waals surface area contributed by atoms with Gasteiger partial charge in [0, 0.05) is 19.3 Å². The number of aromatic nitrogens is 1. The van der Waals surface area contributed by atoms with Crippen molar-refractivity contribution in [2.24, 2.45) is 13.0 Å². The van der Waals surface area contributed by atoms with Crippen LogP contribution in [0.3, 0.4) is 0 Å². The van der Waals surface area contributed by atoms with Crippen LogP contribution in [0.1, 0.15) is 42.6 Å². The minimum Gasteiger partial charge on any atom is -0.467 e. The number of hydrogen-bond acceptors (Lipinski definition) is 3. The number of amides is 1. The van der Waals surface area contributed by atoms with E-state index in [4.69, 9.17) is 4.74 Å². The number of hydrogen-bond donors (Lipinski definition) is 0. The predicted molar refractivity (Wildman–Crippen MR) is 77.7 cm³/mol. The SMILES string of the molecule is COC(=O)[C@@H]1C[C@@H]2CCCC[C@H]2N1C(=O)c1cccn1C. The normalized spacial score (nSPS) is 28.3. The highest BCUT2D eigenvalue weighted by Gasteiger charge is 2.48. The van der Waals surface area contributed by atoms with Crippen molar-refractivity contribution in [2.75, 3.05) is 7.11 Å². The molecule has 5 heteroatoms. The van der Waals surface area contributed by atoms with Crippen molar-refractivity contribution < 1.29 is 14.3 Å². The summed E-state index contributed by atoms with van der Waals surface area (Å²) >= 11 is 0. The zero-order valence-corrected chi connectivity index (χ0v) is 12.6. The summed E-state index contributed by atoms with van der Waals surface area (Å²) in [5, 5.41) is 0. The van der Waals surface area contributed by atoms with E-state index in [1.165, 1.54) is 13.5 Å². The highest BCUT2D eigenvalue weighted by Crippen LogP contribution is 2.40. The van der Waals surface area contributed by atoms with Gasteiger partial charge in [0.1, 0.15) is 11.7 Å². The molecule has 0 aromatic carbocycles. The molecular formula is C16H22N2O3. The van der Waals surface area contributed by atoms with Crippen LogP contribution in [0.15, 0.2) is 18.3 Å². The number of ether oxygens (including phenoxy) is 1. The van der Waals surface area contributed by atoms with E-state index in [0.717, 1.165) is 25.7 Å². The van der Waals surface area contributed by atoms with Crippen molar-refractivity contribution in [3.63, 3.8) is 0 Å². The highest BCUT2D eigenvalue weighted by molar-refractivity contribution is 5.96. The van der Waals surface area contributed by atoms with Crippen LogP contribution in [0, 0.1) is 5.92 Å². The van der Waals surface area contributed by atoms with Crippen molar-refractivity contribution in [1.82, 2.24) is 9.47 Å². The number of nitrogens with zero attached hydrogens (tertiary/aromatic N) is 2. The molecule has 2 fully saturated rings. The Morgan fingerprint density at radius 2 is 2.05 bits per heavy atom. The van der Waals surface area contributed by atoms with E-state index in [1.54, 1.807) is 4.90 Å². The van der Waals surface area contributed by atoms with Crippen LogP contribution in [-0.2, 0) is 16.6 Å². The van der Waals surface area contributed by atoms with Gasteiger partial charge in [0.05, 0.1) is 7.11 Å². The molecule has 0 bridgehead atoms. The molecular weight excluding hydrogens is 268 g/mol. The summed E-state index contributed by atoms with van der Waals surface area (Å²) in [6.07, 6.45) is 7.03. The van der Waals surface area contributed by atoms with Crippen molar-refractivity contribution in [3.05, 3.63) is 24.0 Å². The van der Waals surface area contributed by atoms with Crippen LogP contribution in [0.4, 0.5) is 0 Å². The molecule has 2 heterocycles. The Bertz CT molecular complexity index is 551. The number of esters is 1. The Morgan fingerprint density at radius 3 is 2.71 bits per heavy atom. The number of carbonyl (C=O) groups is 2. The largest absolute Gasteiger partial charge is 0.467 e. The minimum atomic E-state index is -0.425. The Balaban J connectivity index is 1.93. The first kappa shape index (κ1) is 14.2. The molecule has 3 atom stereocenters. The van der Waals surface area contributed by atoms with E-state index in [0.29, 0.717) is 11.6 Å². The van der Waals surface area contributed by atoms with Gasteiger partial charge in [-0.3, -0.25) is 4.79 Å². The molecule has 1 aromatic heterocycles. The van der Waals surface area contributed by atoms with Gasteiger partial charge in [-0.15, -0.1) is 0 Å². The molecule has 21 heavy (non-hydrogen) atoms. The zero-order valence-electron chi connectivity index (χ0n) is 12.6. The molecule has 0 N–H and O–H groups in total. The maximum atomic E-state index is 12.9. The van der Waals surface area contributed by atoms with Gasteiger partial charge < -0.3 is 14.2 Å². The van der Waals surface area contributed by atoms with Crippen molar-refractivity contribution in [3.8, 4) is 0 Å².